The van der Waals surface area contributed by atoms with E-state index in [1.54, 1.807) is 11.0 Å². The van der Waals surface area contributed by atoms with Crippen LogP contribution in [0.3, 0.4) is 0 Å². The van der Waals surface area contributed by atoms with Crippen LogP contribution in [0.2, 0.25) is 0 Å². The molecule has 1 heterocycles. The number of hydrogen-bond donors (Lipinski definition) is 0. The fourth-order valence-electron chi connectivity index (χ4n) is 0.445. The van der Waals surface area contributed by atoms with Crippen molar-refractivity contribution < 1.29 is 0 Å². The Hall–Kier alpha value is -0.860. The van der Waals surface area contributed by atoms with E-state index >= 15 is 0 Å². The standard InChI is InChI=1S/C5H8N3/c1-5(2)8-6-3-4-7-8/h3,5H,1-2H3. The molecule has 1 rings (SSSR count). The van der Waals surface area contributed by atoms with Gasteiger partial charge in [-0.25, -0.2) is 0 Å². The lowest BCUT2D eigenvalue weighted by Gasteiger charge is -1.99. The molecule has 0 spiro atoms. The van der Waals surface area contributed by atoms with Crippen LogP contribution in [0.1, 0.15) is 19.9 Å². The van der Waals surface area contributed by atoms with Crippen molar-refractivity contribution in [1.29, 1.82) is 0 Å². The van der Waals surface area contributed by atoms with Gasteiger partial charge in [-0.3, -0.25) is 0 Å². The van der Waals surface area contributed by atoms with Crippen molar-refractivity contribution in [2.24, 2.45) is 0 Å². The molecule has 0 atom stereocenters. The first-order valence-electron chi connectivity index (χ1n) is 2.58. The molecule has 0 aliphatic carbocycles. The van der Waals surface area contributed by atoms with Gasteiger partial charge in [0.2, 0.25) is 0 Å². The zero-order chi connectivity index (χ0) is 5.98. The number of aromatic nitrogens is 3. The van der Waals surface area contributed by atoms with Crippen molar-refractivity contribution in [2.45, 2.75) is 19.9 Å². The van der Waals surface area contributed by atoms with Gasteiger partial charge in [0.15, 0.2) is 0 Å². The smallest absolute Gasteiger partial charge is 0.134 e. The van der Waals surface area contributed by atoms with Crippen LogP contribution in [-0.4, -0.2) is 15.0 Å². The van der Waals surface area contributed by atoms with E-state index in [0.29, 0.717) is 6.04 Å². The summed E-state index contributed by atoms with van der Waals surface area (Å²) in [5, 5.41) is 7.66. The first-order valence-corrected chi connectivity index (χ1v) is 2.58. The topological polar surface area (TPSA) is 30.7 Å². The van der Waals surface area contributed by atoms with E-state index in [9.17, 15) is 0 Å². The maximum Gasteiger partial charge on any atom is 0.134 e. The highest BCUT2D eigenvalue weighted by atomic mass is 15.5. The lowest BCUT2D eigenvalue weighted by Crippen LogP contribution is -2.03. The van der Waals surface area contributed by atoms with E-state index in [1.807, 2.05) is 13.8 Å². The van der Waals surface area contributed by atoms with Gasteiger partial charge in [0, 0.05) is 0 Å². The van der Waals surface area contributed by atoms with Gasteiger partial charge in [-0.1, -0.05) is 0 Å². The molecule has 0 aliphatic rings. The summed E-state index contributed by atoms with van der Waals surface area (Å²) in [5.41, 5.74) is 0. The van der Waals surface area contributed by atoms with E-state index in [-0.39, 0.29) is 0 Å². The molecule has 1 aromatic rings. The molecule has 1 aromatic heterocycles. The molecule has 3 heteroatoms. The Morgan fingerprint density at radius 3 is 2.62 bits per heavy atom. The first-order chi connectivity index (χ1) is 3.80. The van der Waals surface area contributed by atoms with Crippen LogP contribution in [0.5, 0.6) is 0 Å². The Morgan fingerprint density at radius 1 is 1.62 bits per heavy atom. The van der Waals surface area contributed by atoms with Crippen LogP contribution >= 0.6 is 0 Å². The minimum atomic E-state index is 0.348. The Labute approximate surface area is 48.3 Å². The van der Waals surface area contributed by atoms with Crippen molar-refractivity contribution in [3.05, 3.63) is 12.4 Å². The van der Waals surface area contributed by atoms with Crippen molar-refractivity contribution in [1.82, 2.24) is 15.0 Å². The van der Waals surface area contributed by atoms with Crippen LogP contribution in [0.4, 0.5) is 0 Å². The number of hydrogen-bond acceptors (Lipinski definition) is 2. The Morgan fingerprint density at radius 2 is 2.38 bits per heavy atom. The van der Waals surface area contributed by atoms with E-state index < -0.39 is 0 Å². The van der Waals surface area contributed by atoms with Crippen LogP contribution in [0.25, 0.3) is 0 Å². The molecule has 1 radical (unpaired) electrons. The molecule has 0 aromatic carbocycles. The second-order valence-corrected chi connectivity index (χ2v) is 1.89. The highest BCUT2D eigenvalue weighted by Crippen LogP contribution is 1.94. The molecule has 3 nitrogen and oxygen atoms in total. The predicted octanol–water partition coefficient (Wildman–Crippen LogP) is 0.659. The van der Waals surface area contributed by atoms with Crippen molar-refractivity contribution in [2.75, 3.05) is 0 Å². The quantitative estimate of drug-likeness (QED) is 0.531. The molecular weight excluding hydrogens is 102 g/mol. The highest BCUT2D eigenvalue weighted by Gasteiger charge is 1.93. The molecule has 0 saturated carbocycles. The minimum Gasteiger partial charge on any atom is -0.182 e. The lowest BCUT2D eigenvalue weighted by atomic mass is 10.4. The Kier molecular flexibility index (Phi) is 1.28. The van der Waals surface area contributed by atoms with E-state index in [0.717, 1.165) is 0 Å². The van der Waals surface area contributed by atoms with Gasteiger partial charge in [0.1, 0.15) is 6.20 Å². The summed E-state index contributed by atoms with van der Waals surface area (Å²) in [5.74, 6) is 0. The third kappa shape index (κ3) is 0.857. The fraction of sp³-hybridized carbons (Fsp3) is 0.600. The van der Waals surface area contributed by atoms with Gasteiger partial charge in [0.05, 0.1) is 12.2 Å². The third-order valence-corrected chi connectivity index (χ3v) is 0.856. The summed E-state index contributed by atoms with van der Waals surface area (Å²) >= 11 is 0. The Bertz CT molecular complexity index is 143. The summed E-state index contributed by atoms with van der Waals surface area (Å²) in [4.78, 5) is 1.61. The first kappa shape index (κ1) is 5.28. The Balaban J connectivity index is 2.77. The van der Waals surface area contributed by atoms with Crippen molar-refractivity contribution in [3.63, 3.8) is 0 Å². The summed E-state index contributed by atoms with van der Waals surface area (Å²) < 4.78 is 0. The molecule has 0 unspecified atom stereocenters. The van der Waals surface area contributed by atoms with Gasteiger partial charge < -0.3 is 0 Å². The molecule has 0 aliphatic heterocycles. The van der Waals surface area contributed by atoms with Crippen LogP contribution in [-0.2, 0) is 0 Å². The SMILES string of the molecule is CC(C)n1n[c]cn1. The third-order valence-electron chi connectivity index (χ3n) is 0.856. The van der Waals surface area contributed by atoms with Crippen molar-refractivity contribution >= 4 is 0 Å². The summed E-state index contributed by atoms with van der Waals surface area (Å²) in [6, 6.07) is 0.348. The zero-order valence-corrected chi connectivity index (χ0v) is 5.00. The summed E-state index contributed by atoms with van der Waals surface area (Å²) in [6.07, 6.45) is 4.17. The second kappa shape index (κ2) is 1.94. The lowest BCUT2D eigenvalue weighted by molar-refractivity contribution is 0.466. The van der Waals surface area contributed by atoms with Gasteiger partial charge in [-0.05, 0) is 13.8 Å². The van der Waals surface area contributed by atoms with Gasteiger partial charge in [-0.15, -0.1) is 0 Å². The molecular formula is C5H8N3. The average Bonchev–Trinajstić information content (AvgIpc) is 2.12. The normalized spacial score (nSPS) is 10.4. The molecule has 0 bridgehead atoms. The second-order valence-electron chi connectivity index (χ2n) is 1.89. The molecule has 43 valence electrons. The molecule has 0 N–H and O–H groups in total. The fourth-order valence-corrected chi connectivity index (χ4v) is 0.445. The predicted molar refractivity (Wildman–Crippen MR) is 29.2 cm³/mol. The largest absolute Gasteiger partial charge is 0.182 e. The van der Waals surface area contributed by atoms with Crippen molar-refractivity contribution in [3.8, 4) is 0 Å². The van der Waals surface area contributed by atoms with E-state index in [2.05, 4.69) is 16.4 Å². The maximum atomic E-state index is 3.87. The zero-order valence-electron chi connectivity index (χ0n) is 5.00. The van der Waals surface area contributed by atoms with Crippen LogP contribution in [0, 0.1) is 6.20 Å². The monoisotopic (exact) mass is 110 g/mol. The maximum absolute atomic E-state index is 3.87. The molecule has 0 fully saturated rings. The number of nitrogens with zero attached hydrogens (tertiary/aromatic N) is 3. The van der Waals surface area contributed by atoms with Crippen LogP contribution < -0.4 is 0 Å². The summed E-state index contributed by atoms with van der Waals surface area (Å²) in [6.45, 7) is 4.04. The molecule has 0 amide bonds. The van der Waals surface area contributed by atoms with Gasteiger partial charge >= 0.3 is 0 Å². The molecule has 0 saturated heterocycles. The van der Waals surface area contributed by atoms with Crippen LogP contribution in [0.15, 0.2) is 6.20 Å². The molecule has 8 heavy (non-hydrogen) atoms. The summed E-state index contributed by atoms with van der Waals surface area (Å²) in [7, 11) is 0. The van der Waals surface area contributed by atoms with Gasteiger partial charge in [0.25, 0.3) is 0 Å². The van der Waals surface area contributed by atoms with E-state index in [1.165, 1.54) is 0 Å². The van der Waals surface area contributed by atoms with E-state index in [4.69, 9.17) is 0 Å². The number of rotatable bonds is 1. The highest BCUT2D eigenvalue weighted by molar-refractivity contribution is 4.58. The minimum absolute atomic E-state index is 0.348. The van der Waals surface area contributed by atoms with Gasteiger partial charge in [-0.2, -0.15) is 15.0 Å². The average molecular weight is 110 g/mol.